The van der Waals surface area contributed by atoms with Gasteiger partial charge in [0.1, 0.15) is 5.60 Å². The van der Waals surface area contributed by atoms with Crippen molar-refractivity contribution in [3.05, 3.63) is 12.8 Å². The number of rotatable bonds is 3. The summed E-state index contributed by atoms with van der Waals surface area (Å²) in [5, 5.41) is 0. The molecule has 1 fully saturated rings. The molecule has 0 aromatic rings. The van der Waals surface area contributed by atoms with Crippen LogP contribution in [0.15, 0.2) is 12.8 Å². The molecule has 1 aliphatic rings. The van der Waals surface area contributed by atoms with Crippen LogP contribution in [0, 0.1) is 5.92 Å². The van der Waals surface area contributed by atoms with Crippen molar-refractivity contribution in [1.29, 1.82) is 0 Å². The summed E-state index contributed by atoms with van der Waals surface area (Å²) >= 11 is 0. The molecule has 1 amide bonds. The van der Waals surface area contributed by atoms with Crippen molar-refractivity contribution in [2.24, 2.45) is 5.92 Å². The molecular formula is C13H23NO3. The predicted molar refractivity (Wildman–Crippen MR) is 66.7 cm³/mol. The maximum absolute atomic E-state index is 11.8. The molecular weight excluding hydrogens is 218 g/mol. The number of piperidine rings is 1. The van der Waals surface area contributed by atoms with E-state index in [1.165, 1.54) is 6.26 Å². The van der Waals surface area contributed by atoms with Crippen LogP contribution in [0.2, 0.25) is 0 Å². The summed E-state index contributed by atoms with van der Waals surface area (Å²) in [5.41, 5.74) is -0.417. The van der Waals surface area contributed by atoms with Gasteiger partial charge in [-0.3, -0.25) is 0 Å². The zero-order valence-electron chi connectivity index (χ0n) is 11.1. The molecule has 0 radical (unpaired) electrons. The minimum atomic E-state index is -0.417. The lowest BCUT2D eigenvalue weighted by atomic mass is 9.98. The van der Waals surface area contributed by atoms with Crippen molar-refractivity contribution >= 4 is 6.09 Å². The van der Waals surface area contributed by atoms with E-state index in [-0.39, 0.29) is 6.09 Å². The molecule has 1 saturated heterocycles. The molecule has 0 spiro atoms. The topological polar surface area (TPSA) is 38.8 Å². The normalized spacial score (nSPS) is 17.7. The van der Waals surface area contributed by atoms with Gasteiger partial charge >= 0.3 is 6.09 Å². The molecule has 0 unspecified atom stereocenters. The van der Waals surface area contributed by atoms with Gasteiger partial charge in [-0.1, -0.05) is 6.58 Å². The van der Waals surface area contributed by atoms with E-state index in [2.05, 4.69) is 6.58 Å². The first-order chi connectivity index (χ1) is 7.92. The summed E-state index contributed by atoms with van der Waals surface area (Å²) in [6, 6.07) is 0. The second-order valence-electron chi connectivity index (χ2n) is 5.41. The van der Waals surface area contributed by atoms with Gasteiger partial charge in [0.05, 0.1) is 12.9 Å². The molecule has 0 bridgehead atoms. The number of carbonyl (C=O) groups is 1. The van der Waals surface area contributed by atoms with Crippen LogP contribution >= 0.6 is 0 Å². The largest absolute Gasteiger partial charge is 0.502 e. The van der Waals surface area contributed by atoms with Crippen LogP contribution in [-0.4, -0.2) is 36.3 Å². The standard InChI is InChI=1S/C13H23NO3/c1-5-16-10-11-6-8-14(9-7-11)12(15)17-13(2,3)4/h5,11H,1,6-10H2,2-4H3. The van der Waals surface area contributed by atoms with Gasteiger partial charge in [0.15, 0.2) is 0 Å². The maximum atomic E-state index is 11.8. The Morgan fingerprint density at radius 3 is 2.47 bits per heavy atom. The van der Waals surface area contributed by atoms with Gasteiger partial charge in [-0.2, -0.15) is 0 Å². The molecule has 1 rings (SSSR count). The van der Waals surface area contributed by atoms with E-state index in [0.29, 0.717) is 12.5 Å². The van der Waals surface area contributed by atoms with Crippen LogP contribution in [0.1, 0.15) is 33.6 Å². The quantitative estimate of drug-likeness (QED) is 0.713. The third kappa shape index (κ3) is 5.11. The van der Waals surface area contributed by atoms with E-state index < -0.39 is 5.60 Å². The summed E-state index contributed by atoms with van der Waals surface area (Å²) < 4.78 is 10.5. The van der Waals surface area contributed by atoms with Crippen molar-refractivity contribution in [2.45, 2.75) is 39.2 Å². The Morgan fingerprint density at radius 2 is 2.00 bits per heavy atom. The fraction of sp³-hybridized carbons (Fsp3) is 0.769. The third-order valence-electron chi connectivity index (χ3n) is 2.72. The van der Waals surface area contributed by atoms with Gasteiger partial charge < -0.3 is 14.4 Å². The lowest BCUT2D eigenvalue weighted by Gasteiger charge is -2.33. The van der Waals surface area contributed by atoms with Gasteiger partial charge in [-0.05, 0) is 39.5 Å². The highest BCUT2D eigenvalue weighted by atomic mass is 16.6. The molecule has 1 aliphatic heterocycles. The fourth-order valence-corrected chi connectivity index (χ4v) is 1.81. The second-order valence-corrected chi connectivity index (χ2v) is 5.41. The summed E-state index contributed by atoms with van der Waals surface area (Å²) in [4.78, 5) is 13.6. The van der Waals surface area contributed by atoms with Crippen molar-refractivity contribution in [3.63, 3.8) is 0 Å². The molecule has 0 aliphatic carbocycles. The van der Waals surface area contributed by atoms with Crippen LogP contribution in [0.5, 0.6) is 0 Å². The summed E-state index contributed by atoms with van der Waals surface area (Å²) in [5.74, 6) is 0.520. The number of amides is 1. The average Bonchev–Trinajstić information content (AvgIpc) is 2.24. The highest BCUT2D eigenvalue weighted by Gasteiger charge is 2.26. The Labute approximate surface area is 104 Å². The maximum Gasteiger partial charge on any atom is 0.410 e. The van der Waals surface area contributed by atoms with Crippen LogP contribution < -0.4 is 0 Å². The van der Waals surface area contributed by atoms with Crippen LogP contribution in [-0.2, 0) is 9.47 Å². The third-order valence-corrected chi connectivity index (χ3v) is 2.72. The Morgan fingerprint density at radius 1 is 1.41 bits per heavy atom. The Kier molecular flexibility index (Phi) is 4.85. The Balaban J connectivity index is 2.31. The van der Waals surface area contributed by atoms with Crippen molar-refractivity contribution < 1.29 is 14.3 Å². The Hall–Kier alpha value is -1.19. The molecule has 4 nitrogen and oxygen atoms in total. The lowest BCUT2D eigenvalue weighted by molar-refractivity contribution is 0.0155. The van der Waals surface area contributed by atoms with E-state index in [1.54, 1.807) is 4.90 Å². The first kappa shape index (κ1) is 13.9. The van der Waals surface area contributed by atoms with Gasteiger partial charge in [0, 0.05) is 13.1 Å². The van der Waals surface area contributed by atoms with Gasteiger partial charge in [-0.25, -0.2) is 4.79 Å². The second kappa shape index (κ2) is 5.94. The predicted octanol–water partition coefficient (Wildman–Crippen LogP) is 2.79. The average molecular weight is 241 g/mol. The SMILES string of the molecule is C=COCC1CCN(C(=O)OC(C)(C)C)CC1. The number of likely N-dealkylation sites (tertiary alicyclic amines) is 1. The van der Waals surface area contributed by atoms with Crippen LogP contribution in [0.25, 0.3) is 0 Å². The van der Waals surface area contributed by atoms with E-state index in [4.69, 9.17) is 9.47 Å². The first-order valence-electron chi connectivity index (χ1n) is 6.13. The number of nitrogens with zero attached hydrogens (tertiary/aromatic N) is 1. The number of hydrogen-bond donors (Lipinski definition) is 0. The fourth-order valence-electron chi connectivity index (χ4n) is 1.81. The lowest BCUT2D eigenvalue weighted by Crippen LogP contribution is -2.42. The zero-order chi connectivity index (χ0) is 12.9. The molecule has 0 N–H and O–H groups in total. The van der Waals surface area contributed by atoms with Crippen LogP contribution in [0.4, 0.5) is 4.79 Å². The molecule has 0 aromatic heterocycles. The number of carbonyl (C=O) groups excluding carboxylic acids is 1. The van der Waals surface area contributed by atoms with Gasteiger partial charge in [-0.15, -0.1) is 0 Å². The van der Waals surface area contributed by atoms with E-state index in [9.17, 15) is 4.79 Å². The van der Waals surface area contributed by atoms with Gasteiger partial charge in [0.25, 0.3) is 0 Å². The highest BCUT2D eigenvalue weighted by Crippen LogP contribution is 2.19. The van der Waals surface area contributed by atoms with E-state index in [0.717, 1.165) is 25.9 Å². The van der Waals surface area contributed by atoms with Crippen molar-refractivity contribution in [1.82, 2.24) is 4.90 Å². The van der Waals surface area contributed by atoms with E-state index in [1.807, 2.05) is 20.8 Å². The minimum Gasteiger partial charge on any atom is -0.502 e. The molecule has 1 heterocycles. The molecule has 0 saturated carbocycles. The number of ether oxygens (including phenoxy) is 2. The minimum absolute atomic E-state index is 0.208. The molecule has 17 heavy (non-hydrogen) atoms. The first-order valence-corrected chi connectivity index (χ1v) is 6.13. The van der Waals surface area contributed by atoms with E-state index >= 15 is 0 Å². The van der Waals surface area contributed by atoms with Gasteiger partial charge in [0.2, 0.25) is 0 Å². The zero-order valence-corrected chi connectivity index (χ0v) is 11.1. The molecule has 4 heteroatoms. The monoisotopic (exact) mass is 241 g/mol. The molecule has 0 aromatic carbocycles. The number of hydrogen-bond acceptors (Lipinski definition) is 3. The summed E-state index contributed by atoms with van der Waals surface area (Å²) in [6.45, 7) is 11.4. The summed E-state index contributed by atoms with van der Waals surface area (Å²) in [6.07, 6.45) is 3.20. The smallest absolute Gasteiger partial charge is 0.410 e. The van der Waals surface area contributed by atoms with Crippen molar-refractivity contribution in [3.8, 4) is 0 Å². The van der Waals surface area contributed by atoms with Crippen molar-refractivity contribution in [2.75, 3.05) is 19.7 Å². The molecule has 98 valence electrons. The summed E-state index contributed by atoms with van der Waals surface area (Å²) in [7, 11) is 0. The highest BCUT2D eigenvalue weighted by molar-refractivity contribution is 5.68. The van der Waals surface area contributed by atoms with Crippen LogP contribution in [0.3, 0.4) is 0 Å². The Bertz CT molecular complexity index is 262. The molecule has 0 atom stereocenters.